The first-order chi connectivity index (χ1) is 11.7. The van der Waals surface area contributed by atoms with Crippen molar-refractivity contribution in [1.82, 2.24) is 5.32 Å². The van der Waals surface area contributed by atoms with Gasteiger partial charge in [-0.3, -0.25) is 4.79 Å². The molecule has 0 bridgehead atoms. The molecule has 0 radical (unpaired) electrons. The third-order valence-electron chi connectivity index (χ3n) is 4.85. The van der Waals surface area contributed by atoms with Gasteiger partial charge < -0.3 is 20.5 Å². The van der Waals surface area contributed by atoms with Crippen molar-refractivity contribution in [2.24, 2.45) is 11.1 Å². The minimum absolute atomic E-state index is 0.0153. The van der Waals surface area contributed by atoms with Gasteiger partial charge in [0.2, 0.25) is 5.91 Å². The molecule has 1 aromatic rings. The molecule has 0 aliphatic heterocycles. The molecule has 1 aliphatic rings. The van der Waals surface area contributed by atoms with Gasteiger partial charge in [0.1, 0.15) is 12.4 Å². The zero-order valence-electron chi connectivity index (χ0n) is 14.7. The third-order valence-corrected chi connectivity index (χ3v) is 4.85. The monoisotopic (exact) mass is 334 g/mol. The molecule has 1 aromatic carbocycles. The number of rotatable bonds is 9. The molecule has 24 heavy (non-hydrogen) atoms. The van der Waals surface area contributed by atoms with E-state index in [-0.39, 0.29) is 11.3 Å². The molecule has 1 aliphatic carbocycles. The van der Waals surface area contributed by atoms with Crippen LogP contribution < -0.4 is 15.8 Å². The molecule has 5 heteroatoms. The van der Waals surface area contributed by atoms with Gasteiger partial charge in [-0.2, -0.15) is 0 Å². The molecular formula is C19H30N2O3. The lowest BCUT2D eigenvalue weighted by Gasteiger charge is -2.35. The summed E-state index contributed by atoms with van der Waals surface area (Å²) < 4.78 is 10.5. The number of ether oxygens (including phenoxy) is 2. The second-order valence-electron chi connectivity index (χ2n) is 6.70. The van der Waals surface area contributed by atoms with Crippen molar-refractivity contribution in [2.75, 3.05) is 26.9 Å². The van der Waals surface area contributed by atoms with Gasteiger partial charge in [-0.05, 0) is 42.5 Å². The van der Waals surface area contributed by atoms with E-state index in [1.807, 2.05) is 24.3 Å². The zero-order valence-corrected chi connectivity index (χ0v) is 14.7. The lowest BCUT2D eigenvalue weighted by atomic mass is 9.71. The summed E-state index contributed by atoms with van der Waals surface area (Å²) in [4.78, 5) is 12.3. The molecule has 0 saturated heterocycles. The molecule has 1 amide bonds. The van der Waals surface area contributed by atoms with Gasteiger partial charge in [0.25, 0.3) is 0 Å². The van der Waals surface area contributed by atoms with E-state index >= 15 is 0 Å². The maximum Gasteiger partial charge on any atom is 0.220 e. The standard InChI is InChI=1S/C19H30N2O3/c1-23-11-12-24-17-7-5-16(6-8-17)14-21-18(22)13-19(15-20)9-3-2-4-10-19/h5-8H,2-4,9-15,20H2,1H3,(H,21,22). The summed E-state index contributed by atoms with van der Waals surface area (Å²) in [6, 6.07) is 7.78. The molecule has 134 valence electrons. The summed E-state index contributed by atoms with van der Waals surface area (Å²) in [5.74, 6) is 0.911. The molecule has 0 aromatic heterocycles. The minimum Gasteiger partial charge on any atom is -0.491 e. The first-order valence-corrected chi connectivity index (χ1v) is 8.85. The van der Waals surface area contributed by atoms with Crippen LogP contribution in [0.5, 0.6) is 5.75 Å². The highest BCUT2D eigenvalue weighted by atomic mass is 16.5. The van der Waals surface area contributed by atoms with Crippen LogP contribution in [0.25, 0.3) is 0 Å². The number of carbonyl (C=O) groups is 1. The number of nitrogens with two attached hydrogens (primary N) is 1. The van der Waals surface area contributed by atoms with E-state index in [0.717, 1.165) is 24.2 Å². The summed E-state index contributed by atoms with van der Waals surface area (Å²) in [5, 5.41) is 3.02. The van der Waals surface area contributed by atoms with Gasteiger partial charge in [-0.15, -0.1) is 0 Å². The van der Waals surface area contributed by atoms with Crippen LogP contribution in [-0.2, 0) is 16.1 Å². The van der Waals surface area contributed by atoms with Crippen LogP contribution in [-0.4, -0.2) is 32.8 Å². The fourth-order valence-electron chi connectivity index (χ4n) is 3.30. The Bertz CT molecular complexity index is 496. The maximum atomic E-state index is 12.3. The number of amides is 1. The smallest absolute Gasteiger partial charge is 0.220 e. The van der Waals surface area contributed by atoms with E-state index in [1.165, 1.54) is 19.3 Å². The lowest BCUT2D eigenvalue weighted by Crippen LogP contribution is -2.38. The molecule has 2 rings (SSSR count). The Balaban J connectivity index is 1.76. The Hall–Kier alpha value is -1.59. The topological polar surface area (TPSA) is 73.6 Å². The van der Waals surface area contributed by atoms with E-state index in [1.54, 1.807) is 7.11 Å². The molecule has 0 heterocycles. The number of hydrogen-bond donors (Lipinski definition) is 2. The van der Waals surface area contributed by atoms with E-state index in [9.17, 15) is 4.79 Å². The fourth-order valence-corrected chi connectivity index (χ4v) is 3.30. The first-order valence-electron chi connectivity index (χ1n) is 8.85. The molecule has 0 atom stereocenters. The first kappa shape index (κ1) is 18.7. The summed E-state index contributed by atoms with van der Waals surface area (Å²) in [6.45, 7) is 2.25. The average Bonchev–Trinajstić information content (AvgIpc) is 2.62. The highest BCUT2D eigenvalue weighted by Gasteiger charge is 2.32. The second kappa shape index (κ2) is 9.64. The summed E-state index contributed by atoms with van der Waals surface area (Å²) in [7, 11) is 1.65. The summed E-state index contributed by atoms with van der Waals surface area (Å²) in [5.41, 5.74) is 7.04. The predicted molar refractivity (Wildman–Crippen MR) is 94.8 cm³/mol. The van der Waals surface area contributed by atoms with Crippen molar-refractivity contribution >= 4 is 5.91 Å². The lowest BCUT2D eigenvalue weighted by molar-refractivity contribution is -0.124. The maximum absolute atomic E-state index is 12.3. The van der Waals surface area contributed by atoms with Crippen molar-refractivity contribution in [3.8, 4) is 5.75 Å². The van der Waals surface area contributed by atoms with Crippen molar-refractivity contribution in [2.45, 2.75) is 45.1 Å². The van der Waals surface area contributed by atoms with Gasteiger partial charge in [0.05, 0.1) is 6.61 Å². The van der Waals surface area contributed by atoms with Gasteiger partial charge >= 0.3 is 0 Å². The van der Waals surface area contributed by atoms with E-state index in [2.05, 4.69) is 5.32 Å². The van der Waals surface area contributed by atoms with E-state index in [4.69, 9.17) is 15.2 Å². The Labute approximate surface area is 144 Å². The number of benzene rings is 1. The predicted octanol–water partition coefficient (Wildman–Crippen LogP) is 2.63. The highest BCUT2D eigenvalue weighted by Crippen LogP contribution is 2.38. The van der Waals surface area contributed by atoms with Crippen LogP contribution in [0, 0.1) is 5.41 Å². The Morgan fingerprint density at radius 3 is 2.50 bits per heavy atom. The number of nitrogens with one attached hydrogen (secondary N) is 1. The highest BCUT2D eigenvalue weighted by molar-refractivity contribution is 5.76. The SMILES string of the molecule is COCCOc1ccc(CNC(=O)CC2(CN)CCCCC2)cc1. The average molecular weight is 334 g/mol. The number of methoxy groups -OCH3 is 1. The third kappa shape index (κ3) is 5.80. The molecule has 1 saturated carbocycles. The van der Waals surface area contributed by atoms with Crippen LogP contribution in [0.2, 0.25) is 0 Å². The summed E-state index contributed by atoms with van der Waals surface area (Å²) in [6.07, 6.45) is 6.34. The Morgan fingerprint density at radius 2 is 1.88 bits per heavy atom. The fraction of sp³-hybridized carbons (Fsp3) is 0.632. The number of hydrogen-bond acceptors (Lipinski definition) is 4. The van der Waals surface area contributed by atoms with Crippen molar-refractivity contribution in [1.29, 1.82) is 0 Å². The molecule has 0 unspecified atom stereocenters. The van der Waals surface area contributed by atoms with Crippen molar-refractivity contribution < 1.29 is 14.3 Å². The molecule has 3 N–H and O–H groups in total. The van der Waals surface area contributed by atoms with Crippen LogP contribution in [0.1, 0.15) is 44.1 Å². The molecule has 0 spiro atoms. The normalized spacial score (nSPS) is 16.6. The van der Waals surface area contributed by atoms with Gasteiger partial charge in [-0.25, -0.2) is 0 Å². The van der Waals surface area contributed by atoms with E-state index in [0.29, 0.717) is 32.7 Å². The van der Waals surface area contributed by atoms with Crippen molar-refractivity contribution in [3.05, 3.63) is 29.8 Å². The van der Waals surface area contributed by atoms with Crippen LogP contribution >= 0.6 is 0 Å². The van der Waals surface area contributed by atoms with Gasteiger partial charge in [0.15, 0.2) is 0 Å². The van der Waals surface area contributed by atoms with Crippen LogP contribution in [0.3, 0.4) is 0 Å². The largest absolute Gasteiger partial charge is 0.491 e. The van der Waals surface area contributed by atoms with Crippen LogP contribution in [0.15, 0.2) is 24.3 Å². The minimum atomic E-state index is 0.0153. The molecular weight excluding hydrogens is 304 g/mol. The van der Waals surface area contributed by atoms with Gasteiger partial charge in [0, 0.05) is 20.1 Å². The number of carbonyl (C=O) groups excluding carboxylic acids is 1. The van der Waals surface area contributed by atoms with Crippen molar-refractivity contribution in [3.63, 3.8) is 0 Å². The Morgan fingerprint density at radius 1 is 1.17 bits per heavy atom. The van der Waals surface area contributed by atoms with Gasteiger partial charge in [-0.1, -0.05) is 31.4 Å². The van der Waals surface area contributed by atoms with Crippen LogP contribution in [0.4, 0.5) is 0 Å². The quantitative estimate of drug-likeness (QED) is 0.681. The van der Waals surface area contributed by atoms with E-state index < -0.39 is 0 Å². The second-order valence-corrected chi connectivity index (χ2v) is 6.70. The summed E-state index contributed by atoms with van der Waals surface area (Å²) >= 11 is 0. The Kier molecular flexibility index (Phi) is 7.53. The molecule has 1 fully saturated rings. The molecule has 5 nitrogen and oxygen atoms in total. The zero-order chi connectivity index (χ0) is 17.3.